The van der Waals surface area contributed by atoms with Crippen LogP contribution in [0.3, 0.4) is 0 Å². The van der Waals surface area contributed by atoms with E-state index in [1.165, 1.54) is 0 Å². The summed E-state index contributed by atoms with van der Waals surface area (Å²) < 4.78 is 5.14. The maximum Gasteiger partial charge on any atom is 0.106 e. The van der Waals surface area contributed by atoms with Gasteiger partial charge < -0.3 is 15.3 Å². The summed E-state index contributed by atoms with van der Waals surface area (Å²) in [4.78, 5) is 0. The van der Waals surface area contributed by atoms with Crippen molar-refractivity contribution in [2.45, 2.75) is 30.9 Å². The van der Waals surface area contributed by atoms with E-state index in [1.807, 2.05) is 12.1 Å². The first-order chi connectivity index (χ1) is 5.68. The first-order valence-electron chi connectivity index (χ1n) is 4.18. The summed E-state index contributed by atoms with van der Waals surface area (Å²) >= 11 is 0. The molecule has 1 aromatic rings. The molecule has 0 atom stereocenters. The topological polar surface area (TPSA) is 59.4 Å². The van der Waals surface area contributed by atoms with Gasteiger partial charge in [-0.15, -0.1) is 0 Å². The fourth-order valence-corrected chi connectivity index (χ4v) is 1.80. The highest BCUT2D eigenvalue weighted by atomic mass is 16.3. The molecule has 0 aliphatic heterocycles. The summed E-state index contributed by atoms with van der Waals surface area (Å²) in [7, 11) is 0. The van der Waals surface area contributed by atoms with Gasteiger partial charge in [0, 0.05) is 12.5 Å². The van der Waals surface area contributed by atoms with Gasteiger partial charge >= 0.3 is 0 Å². The molecule has 2 rings (SSSR count). The van der Waals surface area contributed by atoms with E-state index in [0.717, 1.165) is 5.76 Å². The molecule has 1 aliphatic carbocycles. The van der Waals surface area contributed by atoms with Crippen LogP contribution in [0.4, 0.5) is 0 Å². The molecule has 1 saturated carbocycles. The third-order valence-corrected chi connectivity index (χ3v) is 2.37. The fourth-order valence-electron chi connectivity index (χ4n) is 1.80. The van der Waals surface area contributed by atoms with Crippen LogP contribution in [0.15, 0.2) is 22.8 Å². The predicted octanol–water partition coefficient (Wildman–Crippen LogP) is 0.674. The number of furan rings is 1. The van der Waals surface area contributed by atoms with Crippen LogP contribution in [-0.4, -0.2) is 16.7 Å². The van der Waals surface area contributed by atoms with Crippen LogP contribution in [0.2, 0.25) is 0 Å². The molecular formula is C9H13NO2. The van der Waals surface area contributed by atoms with E-state index in [-0.39, 0.29) is 6.04 Å². The van der Waals surface area contributed by atoms with E-state index in [4.69, 9.17) is 10.2 Å². The fraction of sp³-hybridized carbons (Fsp3) is 0.556. The minimum atomic E-state index is -0.600. The molecule has 3 N–H and O–H groups in total. The molecule has 1 aliphatic rings. The predicted molar refractivity (Wildman–Crippen MR) is 44.6 cm³/mol. The minimum Gasteiger partial charge on any atom is -0.469 e. The van der Waals surface area contributed by atoms with Crippen LogP contribution < -0.4 is 5.73 Å². The summed E-state index contributed by atoms with van der Waals surface area (Å²) in [6, 6.07) is 3.88. The van der Waals surface area contributed by atoms with Crippen molar-refractivity contribution in [1.29, 1.82) is 0 Å². The lowest BCUT2D eigenvalue weighted by Gasteiger charge is -2.41. The zero-order valence-electron chi connectivity index (χ0n) is 6.86. The SMILES string of the molecule is NC1CC(O)(Cc2ccco2)C1. The van der Waals surface area contributed by atoms with E-state index in [2.05, 4.69) is 0 Å². The van der Waals surface area contributed by atoms with E-state index >= 15 is 0 Å². The summed E-state index contributed by atoms with van der Waals surface area (Å²) in [5.41, 5.74) is 4.99. The van der Waals surface area contributed by atoms with Gasteiger partial charge in [0.1, 0.15) is 5.76 Å². The van der Waals surface area contributed by atoms with Gasteiger partial charge in [-0.3, -0.25) is 0 Å². The van der Waals surface area contributed by atoms with Gasteiger partial charge in [-0.25, -0.2) is 0 Å². The summed E-state index contributed by atoms with van der Waals surface area (Å²) in [6.45, 7) is 0. The standard InChI is InChI=1S/C9H13NO2/c10-7-4-9(11,5-7)6-8-2-1-3-12-8/h1-3,7,11H,4-6,10H2. The van der Waals surface area contributed by atoms with Crippen LogP contribution in [0.25, 0.3) is 0 Å². The third-order valence-electron chi connectivity index (χ3n) is 2.37. The molecule has 1 heterocycles. The van der Waals surface area contributed by atoms with Gasteiger partial charge in [-0.2, -0.15) is 0 Å². The smallest absolute Gasteiger partial charge is 0.106 e. The zero-order chi connectivity index (χ0) is 8.60. The summed E-state index contributed by atoms with van der Waals surface area (Å²) in [5.74, 6) is 0.837. The minimum absolute atomic E-state index is 0.171. The van der Waals surface area contributed by atoms with Gasteiger partial charge in [0.05, 0.1) is 11.9 Å². The first-order valence-corrected chi connectivity index (χ1v) is 4.18. The first kappa shape index (κ1) is 7.83. The van der Waals surface area contributed by atoms with Crippen molar-refractivity contribution < 1.29 is 9.52 Å². The molecule has 0 bridgehead atoms. The highest BCUT2D eigenvalue weighted by Gasteiger charge is 2.41. The number of aliphatic hydroxyl groups is 1. The van der Waals surface area contributed by atoms with Crippen LogP contribution in [0.1, 0.15) is 18.6 Å². The van der Waals surface area contributed by atoms with E-state index in [0.29, 0.717) is 19.3 Å². The molecule has 0 spiro atoms. The zero-order valence-corrected chi connectivity index (χ0v) is 6.86. The van der Waals surface area contributed by atoms with Crippen LogP contribution in [0.5, 0.6) is 0 Å². The molecule has 12 heavy (non-hydrogen) atoms. The summed E-state index contributed by atoms with van der Waals surface area (Å²) in [6.07, 6.45) is 3.59. The second kappa shape index (κ2) is 2.61. The number of hydrogen-bond donors (Lipinski definition) is 2. The Morgan fingerprint density at radius 1 is 1.67 bits per heavy atom. The van der Waals surface area contributed by atoms with Crippen LogP contribution in [-0.2, 0) is 6.42 Å². The Morgan fingerprint density at radius 3 is 2.92 bits per heavy atom. The van der Waals surface area contributed by atoms with Gasteiger partial charge in [-0.05, 0) is 25.0 Å². The molecule has 0 amide bonds. The van der Waals surface area contributed by atoms with Gasteiger partial charge in [0.25, 0.3) is 0 Å². The number of nitrogens with two attached hydrogens (primary N) is 1. The Bertz CT molecular complexity index is 250. The Labute approximate surface area is 71.2 Å². The van der Waals surface area contributed by atoms with E-state index < -0.39 is 5.60 Å². The van der Waals surface area contributed by atoms with Crippen LogP contribution >= 0.6 is 0 Å². The van der Waals surface area contributed by atoms with Crippen molar-refractivity contribution in [2.24, 2.45) is 5.73 Å². The molecule has 0 radical (unpaired) electrons. The second-order valence-corrected chi connectivity index (χ2v) is 3.65. The lowest BCUT2D eigenvalue weighted by atomic mass is 9.74. The Balaban J connectivity index is 1.96. The number of hydrogen-bond acceptors (Lipinski definition) is 3. The van der Waals surface area contributed by atoms with Crippen molar-refractivity contribution in [3.05, 3.63) is 24.2 Å². The molecule has 66 valence electrons. The van der Waals surface area contributed by atoms with Gasteiger partial charge in [0.2, 0.25) is 0 Å². The number of rotatable bonds is 2. The molecule has 3 nitrogen and oxygen atoms in total. The highest BCUT2D eigenvalue weighted by molar-refractivity contribution is 5.08. The lowest BCUT2D eigenvalue weighted by molar-refractivity contribution is -0.0489. The monoisotopic (exact) mass is 167 g/mol. The molecule has 1 aromatic heterocycles. The maximum absolute atomic E-state index is 9.81. The van der Waals surface area contributed by atoms with Crippen molar-refractivity contribution in [3.8, 4) is 0 Å². The van der Waals surface area contributed by atoms with Crippen LogP contribution in [0, 0.1) is 0 Å². The quantitative estimate of drug-likeness (QED) is 0.680. The largest absolute Gasteiger partial charge is 0.469 e. The Hall–Kier alpha value is -0.800. The average molecular weight is 167 g/mol. The molecule has 0 saturated heterocycles. The molecule has 0 aromatic carbocycles. The molecule has 1 fully saturated rings. The normalized spacial score (nSPS) is 34.7. The lowest BCUT2D eigenvalue weighted by Crippen LogP contribution is -2.52. The molecule has 0 unspecified atom stereocenters. The van der Waals surface area contributed by atoms with Gasteiger partial charge in [-0.1, -0.05) is 0 Å². The highest BCUT2D eigenvalue weighted by Crippen LogP contribution is 2.33. The average Bonchev–Trinajstić information content (AvgIpc) is 2.36. The third kappa shape index (κ3) is 1.38. The van der Waals surface area contributed by atoms with Gasteiger partial charge in [0.15, 0.2) is 0 Å². The van der Waals surface area contributed by atoms with Crippen molar-refractivity contribution in [3.63, 3.8) is 0 Å². The van der Waals surface area contributed by atoms with Crippen molar-refractivity contribution >= 4 is 0 Å². The van der Waals surface area contributed by atoms with E-state index in [1.54, 1.807) is 6.26 Å². The maximum atomic E-state index is 9.81. The summed E-state index contributed by atoms with van der Waals surface area (Å²) in [5, 5.41) is 9.81. The van der Waals surface area contributed by atoms with Crippen molar-refractivity contribution in [2.75, 3.05) is 0 Å². The van der Waals surface area contributed by atoms with Crippen molar-refractivity contribution in [1.82, 2.24) is 0 Å². The molecule has 3 heteroatoms. The Morgan fingerprint density at radius 2 is 2.42 bits per heavy atom. The molecular weight excluding hydrogens is 154 g/mol. The van der Waals surface area contributed by atoms with E-state index in [9.17, 15) is 5.11 Å². The second-order valence-electron chi connectivity index (χ2n) is 3.65. The Kier molecular flexibility index (Phi) is 1.70.